The van der Waals surface area contributed by atoms with Gasteiger partial charge in [0.1, 0.15) is 11.3 Å². The van der Waals surface area contributed by atoms with Crippen molar-refractivity contribution in [1.82, 2.24) is 0 Å². The molecule has 1 aromatic rings. The fourth-order valence-electron chi connectivity index (χ4n) is 1.85. The molecule has 0 aliphatic rings. The minimum atomic E-state index is -2.01. The van der Waals surface area contributed by atoms with Crippen LogP contribution in [0.5, 0.6) is 5.75 Å². The van der Waals surface area contributed by atoms with Crippen LogP contribution >= 0.6 is 0 Å². The molecule has 0 bridgehead atoms. The first-order valence-corrected chi connectivity index (χ1v) is 7.93. The zero-order chi connectivity index (χ0) is 21.3. The summed E-state index contributed by atoms with van der Waals surface area (Å²) in [5, 5.41) is 0. The smallest absolute Gasteiger partial charge is 0.434 e. The molecule has 0 N–H and O–H groups in total. The van der Waals surface area contributed by atoms with Crippen molar-refractivity contribution < 1.29 is 36.6 Å². The first-order valence-electron chi connectivity index (χ1n) is 7.93. The van der Waals surface area contributed by atoms with Crippen molar-refractivity contribution in [3.05, 3.63) is 28.8 Å². The number of carbonyl (C=O) groups excluding carboxylic acids is 2. The molecule has 0 aromatic heterocycles. The second-order valence-electron chi connectivity index (χ2n) is 7.79. The van der Waals surface area contributed by atoms with Crippen LogP contribution < -0.4 is 4.74 Å². The lowest BCUT2D eigenvalue weighted by molar-refractivity contribution is -0.128. The molecule has 0 fully saturated rings. The minimum Gasteiger partial charge on any atom is -0.442 e. The Hall–Kier alpha value is -2.45. The van der Waals surface area contributed by atoms with Gasteiger partial charge < -0.3 is 9.47 Å². The van der Waals surface area contributed by atoms with Gasteiger partial charge in [-0.05, 0) is 27.7 Å². The molecule has 0 saturated carbocycles. The zero-order valence-corrected chi connectivity index (χ0v) is 16.1. The first-order chi connectivity index (χ1) is 12.1. The van der Waals surface area contributed by atoms with Crippen LogP contribution in [-0.2, 0) is 9.53 Å². The van der Waals surface area contributed by atoms with Crippen LogP contribution in [0.3, 0.4) is 0 Å². The van der Waals surface area contributed by atoms with E-state index in [4.69, 9.17) is 4.74 Å². The van der Waals surface area contributed by atoms with Crippen LogP contribution in [-0.4, -0.2) is 23.4 Å². The summed E-state index contributed by atoms with van der Waals surface area (Å²) in [7, 11) is 0. The van der Waals surface area contributed by atoms with Gasteiger partial charge in [0.15, 0.2) is 17.5 Å². The summed E-state index contributed by atoms with van der Waals surface area (Å²) in [4.78, 5) is 27.8. The lowest BCUT2D eigenvalue weighted by atomic mass is 9.90. The van der Waals surface area contributed by atoms with Crippen LogP contribution in [0.15, 0.2) is 4.99 Å². The third kappa shape index (κ3) is 5.51. The molecule has 0 atom stereocenters. The van der Waals surface area contributed by atoms with Gasteiger partial charge in [0, 0.05) is 11.0 Å². The summed E-state index contributed by atoms with van der Waals surface area (Å²) in [6.07, 6.45) is -1.12. The number of amides is 1. The number of carbonyl (C=O) groups is 2. The maximum absolute atomic E-state index is 14.1. The Balaban J connectivity index is 3.34. The fourth-order valence-corrected chi connectivity index (χ4v) is 1.85. The largest absolute Gasteiger partial charge is 0.442 e. The van der Waals surface area contributed by atoms with Crippen molar-refractivity contribution in [2.45, 2.75) is 54.1 Å². The number of hydrogen-bond donors (Lipinski definition) is 0. The second-order valence-corrected chi connectivity index (χ2v) is 7.79. The Morgan fingerprint density at radius 3 is 1.81 bits per heavy atom. The van der Waals surface area contributed by atoms with Gasteiger partial charge in [-0.3, -0.25) is 0 Å². The number of aliphatic imine (C=N–C) groups is 1. The van der Waals surface area contributed by atoms with Crippen LogP contribution in [0.2, 0.25) is 0 Å². The Labute approximate surface area is 154 Å². The molecule has 0 aliphatic carbocycles. The molecule has 0 spiro atoms. The molecule has 1 rings (SSSR count). The average molecular weight is 391 g/mol. The Bertz CT molecular complexity index is 776. The molecular formula is C18H21F4NO4. The van der Waals surface area contributed by atoms with Crippen molar-refractivity contribution in [2.24, 2.45) is 10.4 Å². The van der Waals surface area contributed by atoms with E-state index in [1.807, 2.05) is 0 Å². The monoisotopic (exact) mass is 391 g/mol. The standard InChI is InChI=1S/C18H21F4NO4/c1-8-9(19)11(21)12(22)13(10(8)20)26-15(24)14(17(2,3)4)23-16(25)27-18(5,6)7/h1-7H3/b23-14-. The van der Waals surface area contributed by atoms with Gasteiger partial charge in [-0.2, -0.15) is 9.38 Å². The third-order valence-electron chi connectivity index (χ3n) is 3.14. The van der Waals surface area contributed by atoms with E-state index in [1.165, 1.54) is 20.8 Å². The molecule has 0 unspecified atom stereocenters. The number of ether oxygens (including phenoxy) is 2. The van der Waals surface area contributed by atoms with Gasteiger partial charge in [-0.15, -0.1) is 0 Å². The number of hydrogen-bond acceptors (Lipinski definition) is 4. The number of nitrogens with zero attached hydrogens (tertiary/aromatic N) is 1. The van der Waals surface area contributed by atoms with Crippen molar-refractivity contribution in [3.63, 3.8) is 0 Å². The van der Waals surface area contributed by atoms with Crippen molar-refractivity contribution >= 4 is 17.8 Å². The van der Waals surface area contributed by atoms with Crippen LogP contribution in [0.4, 0.5) is 22.4 Å². The highest BCUT2D eigenvalue weighted by atomic mass is 19.2. The molecule has 27 heavy (non-hydrogen) atoms. The highest BCUT2D eigenvalue weighted by molar-refractivity contribution is 6.40. The Morgan fingerprint density at radius 2 is 1.37 bits per heavy atom. The Morgan fingerprint density at radius 1 is 0.852 bits per heavy atom. The molecule has 0 aliphatic heterocycles. The number of benzene rings is 1. The quantitative estimate of drug-likeness (QED) is 0.180. The maximum Gasteiger partial charge on any atom is 0.434 e. The van der Waals surface area contributed by atoms with E-state index < -0.39 is 63.4 Å². The molecule has 5 nitrogen and oxygen atoms in total. The highest BCUT2D eigenvalue weighted by Gasteiger charge is 2.33. The highest BCUT2D eigenvalue weighted by Crippen LogP contribution is 2.30. The fraction of sp³-hybridized carbons (Fsp3) is 0.500. The first kappa shape index (κ1) is 22.6. The van der Waals surface area contributed by atoms with Gasteiger partial charge in [0.2, 0.25) is 11.6 Å². The van der Waals surface area contributed by atoms with E-state index in [-0.39, 0.29) is 0 Å². The van der Waals surface area contributed by atoms with Crippen LogP contribution in [0.25, 0.3) is 0 Å². The molecule has 150 valence electrons. The van der Waals surface area contributed by atoms with E-state index >= 15 is 0 Å². The molecule has 9 heteroatoms. The molecule has 0 saturated heterocycles. The number of esters is 1. The summed E-state index contributed by atoms with van der Waals surface area (Å²) in [6.45, 7) is 10.0. The summed E-state index contributed by atoms with van der Waals surface area (Å²) in [5.41, 5.74) is -3.37. The van der Waals surface area contributed by atoms with E-state index in [9.17, 15) is 27.2 Å². The predicted molar refractivity (Wildman–Crippen MR) is 89.8 cm³/mol. The van der Waals surface area contributed by atoms with Crippen molar-refractivity contribution in [1.29, 1.82) is 0 Å². The molecule has 0 radical (unpaired) electrons. The van der Waals surface area contributed by atoms with Crippen LogP contribution in [0, 0.1) is 35.6 Å². The van der Waals surface area contributed by atoms with E-state index in [2.05, 4.69) is 9.73 Å². The minimum absolute atomic E-state index is 0.516. The van der Waals surface area contributed by atoms with Gasteiger partial charge in [0.05, 0.1) is 0 Å². The topological polar surface area (TPSA) is 65.0 Å². The number of rotatable bonds is 2. The zero-order valence-electron chi connectivity index (χ0n) is 16.1. The molecule has 0 heterocycles. The summed E-state index contributed by atoms with van der Waals surface area (Å²) >= 11 is 0. The van der Waals surface area contributed by atoms with Gasteiger partial charge in [-0.25, -0.2) is 22.8 Å². The second kappa shape index (κ2) is 7.66. The van der Waals surface area contributed by atoms with E-state index in [0.717, 1.165) is 6.92 Å². The van der Waals surface area contributed by atoms with E-state index in [0.29, 0.717) is 0 Å². The van der Waals surface area contributed by atoms with E-state index in [1.54, 1.807) is 20.8 Å². The summed E-state index contributed by atoms with van der Waals surface area (Å²) in [6, 6.07) is 0. The van der Waals surface area contributed by atoms with Crippen molar-refractivity contribution in [2.75, 3.05) is 0 Å². The lowest BCUT2D eigenvalue weighted by Crippen LogP contribution is -2.34. The average Bonchev–Trinajstić information content (AvgIpc) is 2.50. The van der Waals surface area contributed by atoms with Crippen molar-refractivity contribution in [3.8, 4) is 5.75 Å². The van der Waals surface area contributed by atoms with Gasteiger partial charge in [-0.1, -0.05) is 20.8 Å². The lowest BCUT2D eigenvalue weighted by Gasteiger charge is -2.22. The molecule has 1 aromatic carbocycles. The SMILES string of the molecule is Cc1c(F)c(F)c(F)c(OC(=O)/C(=N/C(=O)OC(C)(C)C)C(C)(C)C)c1F. The molecule has 1 amide bonds. The third-order valence-corrected chi connectivity index (χ3v) is 3.14. The summed E-state index contributed by atoms with van der Waals surface area (Å²) in [5.74, 6) is -10.1. The Kier molecular flexibility index (Phi) is 6.41. The van der Waals surface area contributed by atoms with Crippen LogP contribution in [0.1, 0.15) is 47.1 Å². The van der Waals surface area contributed by atoms with Gasteiger partial charge in [0.25, 0.3) is 0 Å². The maximum atomic E-state index is 14.1. The number of halogens is 4. The molecular weight excluding hydrogens is 370 g/mol. The summed E-state index contributed by atoms with van der Waals surface area (Å²) < 4.78 is 64.3. The normalized spacial score (nSPS) is 12.8. The predicted octanol–water partition coefficient (Wildman–Crippen LogP) is 4.88. The van der Waals surface area contributed by atoms with Gasteiger partial charge >= 0.3 is 12.1 Å².